The van der Waals surface area contributed by atoms with Crippen LogP contribution in [0.1, 0.15) is 30.9 Å². The number of allylic oxidation sites excluding steroid dienone is 4. The molecule has 1 aliphatic rings. The Morgan fingerprint density at radius 2 is 1.39 bits per heavy atom. The van der Waals surface area contributed by atoms with Crippen molar-refractivity contribution in [2.24, 2.45) is 0 Å². The summed E-state index contributed by atoms with van der Waals surface area (Å²) in [4.78, 5) is 0. The fraction of sp³-hybridized carbons (Fsp3) is 0.200. The van der Waals surface area contributed by atoms with E-state index in [1.165, 1.54) is 12.1 Å². The molecule has 0 atom stereocenters. The van der Waals surface area contributed by atoms with Crippen molar-refractivity contribution in [1.29, 1.82) is 0 Å². The minimum Gasteiger partial charge on any atom is -0.206 e. The Morgan fingerprint density at radius 1 is 0.739 bits per heavy atom. The number of halogens is 3. The second kappa shape index (κ2) is 6.07. The summed E-state index contributed by atoms with van der Waals surface area (Å²) in [6.45, 7) is 3.54. The maximum atomic E-state index is 14.5. The fourth-order valence-corrected chi connectivity index (χ4v) is 2.79. The minimum atomic E-state index is -0.935. The summed E-state index contributed by atoms with van der Waals surface area (Å²) < 4.78 is 42.3. The van der Waals surface area contributed by atoms with Gasteiger partial charge >= 0.3 is 0 Å². The smallest absolute Gasteiger partial charge is 0.162 e. The van der Waals surface area contributed by atoms with Crippen molar-refractivity contribution in [3.05, 3.63) is 76.6 Å². The molecule has 0 radical (unpaired) electrons. The van der Waals surface area contributed by atoms with Gasteiger partial charge in [0.2, 0.25) is 0 Å². The lowest BCUT2D eigenvalue weighted by molar-refractivity contribution is 0.523. The van der Waals surface area contributed by atoms with Gasteiger partial charge in [0, 0.05) is 11.1 Å². The van der Waals surface area contributed by atoms with E-state index in [0.29, 0.717) is 18.4 Å². The summed E-state index contributed by atoms with van der Waals surface area (Å²) in [6.07, 6.45) is 0.722. The van der Waals surface area contributed by atoms with E-state index in [-0.39, 0.29) is 11.1 Å². The maximum absolute atomic E-state index is 14.5. The highest BCUT2D eigenvalue weighted by atomic mass is 19.2. The van der Waals surface area contributed by atoms with Gasteiger partial charge in [0.1, 0.15) is 5.82 Å². The van der Waals surface area contributed by atoms with Gasteiger partial charge in [-0.15, -0.1) is 0 Å². The van der Waals surface area contributed by atoms with Crippen LogP contribution in [-0.2, 0) is 0 Å². The highest BCUT2D eigenvalue weighted by molar-refractivity contribution is 5.75. The van der Waals surface area contributed by atoms with Gasteiger partial charge in [0.25, 0.3) is 0 Å². The summed E-state index contributed by atoms with van der Waals surface area (Å²) in [5.74, 6) is -2.32. The largest absolute Gasteiger partial charge is 0.206 e. The van der Waals surface area contributed by atoms with Crippen LogP contribution in [0.4, 0.5) is 13.2 Å². The molecule has 0 unspecified atom stereocenters. The molecule has 0 saturated carbocycles. The second-order valence-electron chi connectivity index (χ2n) is 5.95. The maximum Gasteiger partial charge on any atom is 0.162 e. The van der Waals surface area contributed by atoms with Gasteiger partial charge in [-0.1, -0.05) is 42.0 Å². The monoisotopic (exact) mass is 314 g/mol. The molecule has 3 rings (SSSR count). The summed E-state index contributed by atoms with van der Waals surface area (Å²) in [7, 11) is 0. The van der Waals surface area contributed by atoms with Crippen LogP contribution in [0.15, 0.2) is 59.7 Å². The minimum absolute atomic E-state index is 0.112. The lowest BCUT2D eigenvalue weighted by atomic mass is 9.91. The Kier molecular flexibility index (Phi) is 4.12. The quantitative estimate of drug-likeness (QED) is 0.592. The molecule has 3 heteroatoms. The van der Waals surface area contributed by atoms with Gasteiger partial charge in [-0.3, -0.25) is 0 Å². The molecule has 0 N–H and O–H groups in total. The molecule has 0 aliphatic heterocycles. The van der Waals surface area contributed by atoms with E-state index in [1.807, 2.05) is 31.2 Å². The van der Waals surface area contributed by atoms with Crippen LogP contribution in [-0.4, -0.2) is 0 Å². The van der Waals surface area contributed by atoms with Crippen LogP contribution in [0, 0.1) is 12.7 Å². The van der Waals surface area contributed by atoms with Crippen LogP contribution in [0.2, 0.25) is 0 Å². The molecular weight excluding hydrogens is 297 g/mol. The molecule has 118 valence electrons. The molecule has 0 amide bonds. The van der Waals surface area contributed by atoms with Crippen molar-refractivity contribution in [1.82, 2.24) is 0 Å². The zero-order valence-electron chi connectivity index (χ0n) is 13.1. The number of benzene rings is 2. The van der Waals surface area contributed by atoms with E-state index in [1.54, 1.807) is 13.0 Å². The second-order valence-corrected chi connectivity index (χ2v) is 5.95. The van der Waals surface area contributed by atoms with Gasteiger partial charge in [-0.05, 0) is 49.5 Å². The molecular formula is C20H17F3. The van der Waals surface area contributed by atoms with E-state index in [4.69, 9.17) is 0 Å². The van der Waals surface area contributed by atoms with Gasteiger partial charge < -0.3 is 0 Å². The van der Waals surface area contributed by atoms with Crippen LogP contribution >= 0.6 is 0 Å². The van der Waals surface area contributed by atoms with Crippen LogP contribution < -0.4 is 0 Å². The third kappa shape index (κ3) is 2.96. The van der Waals surface area contributed by atoms with Crippen molar-refractivity contribution in [3.8, 4) is 11.1 Å². The molecule has 2 aromatic carbocycles. The first-order valence-corrected chi connectivity index (χ1v) is 7.58. The van der Waals surface area contributed by atoms with E-state index in [2.05, 4.69) is 0 Å². The molecule has 0 bridgehead atoms. The molecule has 1 aliphatic carbocycles. The molecule has 23 heavy (non-hydrogen) atoms. The summed E-state index contributed by atoms with van der Waals surface area (Å²) in [5.41, 5.74) is 3.36. The number of hydrogen-bond acceptors (Lipinski definition) is 0. The summed E-state index contributed by atoms with van der Waals surface area (Å²) >= 11 is 0. The summed E-state index contributed by atoms with van der Waals surface area (Å²) in [5, 5.41) is 0. The van der Waals surface area contributed by atoms with E-state index < -0.39 is 17.5 Å². The Morgan fingerprint density at radius 3 is 2.04 bits per heavy atom. The lowest BCUT2D eigenvalue weighted by Crippen LogP contribution is -2.01. The average molecular weight is 314 g/mol. The van der Waals surface area contributed by atoms with E-state index in [0.717, 1.165) is 16.7 Å². The van der Waals surface area contributed by atoms with Gasteiger partial charge in [0.15, 0.2) is 11.7 Å². The van der Waals surface area contributed by atoms with Crippen LogP contribution in [0.5, 0.6) is 0 Å². The summed E-state index contributed by atoms with van der Waals surface area (Å²) in [6, 6.07) is 12.4. The number of hydrogen-bond donors (Lipinski definition) is 0. The van der Waals surface area contributed by atoms with Gasteiger partial charge in [0.05, 0.1) is 0 Å². The van der Waals surface area contributed by atoms with Crippen molar-refractivity contribution in [2.75, 3.05) is 0 Å². The molecule has 0 saturated heterocycles. The number of aryl methyl sites for hydroxylation is 1. The van der Waals surface area contributed by atoms with Crippen LogP contribution in [0.25, 0.3) is 16.7 Å². The van der Waals surface area contributed by atoms with Gasteiger partial charge in [-0.2, -0.15) is 0 Å². The predicted molar refractivity (Wildman–Crippen MR) is 87.6 cm³/mol. The number of rotatable bonds is 2. The third-order valence-electron chi connectivity index (χ3n) is 4.26. The van der Waals surface area contributed by atoms with Crippen molar-refractivity contribution >= 4 is 5.57 Å². The first kappa shape index (κ1) is 15.6. The predicted octanol–water partition coefficient (Wildman–Crippen LogP) is 6.52. The SMILES string of the molecule is CC1=C(F)C(F)=C(c2ccc(-c3ccc(C)cc3)cc2F)CC1. The first-order chi connectivity index (χ1) is 11.0. The molecule has 0 heterocycles. The lowest BCUT2D eigenvalue weighted by Gasteiger charge is -2.17. The van der Waals surface area contributed by atoms with Crippen molar-refractivity contribution in [2.45, 2.75) is 26.7 Å². The Hall–Kier alpha value is -2.29. The Bertz CT molecular complexity index is 811. The zero-order chi connectivity index (χ0) is 16.6. The Labute approximate surface area is 134 Å². The molecule has 0 spiro atoms. The van der Waals surface area contributed by atoms with Crippen LogP contribution in [0.3, 0.4) is 0 Å². The topological polar surface area (TPSA) is 0 Å². The van der Waals surface area contributed by atoms with E-state index in [9.17, 15) is 13.2 Å². The van der Waals surface area contributed by atoms with E-state index >= 15 is 0 Å². The molecule has 0 aromatic heterocycles. The zero-order valence-corrected chi connectivity index (χ0v) is 13.1. The molecule has 0 nitrogen and oxygen atoms in total. The highest BCUT2D eigenvalue weighted by Crippen LogP contribution is 2.38. The third-order valence-corrected chi connectivity index (χ3v) is 4.26. The Balaban J connectivity index is 2.02. The molecule has 0 fully saturated rings. The first-order valence-electron chi connectivity index (χ1n) is 7.58. The normalized spacial score (nSPS) is 15.3. The average Bonchev–Trinajstić information content (AvgIpc) is 2.54. The standard InChI is InChI=1S/C20H17F3/c1-12-3-6-14(7-4-12)15-8-10-16(18(21)11-15)17-9-5-13(2)19(22)20(17)23/h3-4,6-8,10-11H,5,9H2,1-2H3. The van der Waals surface area contributed by atoms with Crippen molar-refractivity contribution < 1.29 is 13.2 Å². The fourth-order valence-electron chi connectivity index (χ4n) is 2.79. The molecule has 2 aromatic rings. The highest BCUT2D eigenvalue weighted by Gasteiger charge is 2.23. The van der Waals surface area contributed by atoms with Gasteiger partial charge in [-0.25, -0.2) is 13.2 Å². The van der Waals surface area contributed by atoms with Crippen molar-refractivity contribution in [3.63, 3.8) is 0 Å².